The van der Waals surface area contributed by atoms with E-state index in [1.54, 1.807) is 22.6 Å². The van der Waals surface area contributed by atoms with E-state index in [1.165, 1.54) is 6.20 Å². The van der Waals surface area contributed by atoms with E-state index < -0.39 is 10.0 Å². The van der Waals surface area contributed by atoms with Gasteiger partial charge in [0, 0.05) is 55.9 Å². The van der Waals surface area contributed by atoms with Crippen LogP contribution in [0.3, 0.4) is 0 Å². The monoisotopic (exact) mass is 373 g/mol. The Labute approximate surface area is 154 Å². The van der Waals surface area contributed by atoms with Gasteiger partial charge < -0.3 is 4.90 Å². The summed E-state index contributed by atoms with van der Waals surface area (Å²) in [5, 5.41) is 0. The summed E-state index contributed by atoms with van der Waals surface area (Å²) in [7, 11) is -1.52. The molecule has 2 aliphatic rings. The summed E-state index contributed by atoms with van der Waals surface area (Å²) in [5.41, 5.74) is 2.19. The van der Waals surface area contributed by atoms with Crippen LogP contribution in [0.15, 0.2) is 35.6 Å². The van der Waals surface area contributed by atoms with Gasteiger partial charge in [0.25, 0.3) is 0 Å². The van der Waals surface area contributed by atoms with E-state index in [1.807, 2.05) is 6.20 Å². The first-order valence-corrected chi connectivity index (χ1v) is 10.4. The predicted octanol–water partition coefficient (Wildman–Crippen LogP) is 1.78. The van der Waals surface area contributed by atoms with Crippen molar-refractivity contribution in [3.05, 3.63) is 47.8 Å². The minimum atomic E-state index is -3.61. The number of hydrogen-bond donors (Lipinski definition) is 0. The fourth-order valence-electron chi connectivity index (χ4n) is 3.72. The summed E-state index contributed by atoms with van der Waals surface area (Å²) in [5.74, 6) is 0.625. The zero-order valence-electron chi connectivity index (χ0n) is 14.9. The highest BCUT2D eigenvalue weighted by molar-refractivity contribution is 7.89. The van der Waals surface area contributed by atoms with Crippen molar-refractivity contribution in [2.45, 2.75) is 43.2 Å². The number of fused-ring (bicyclic) bond motifs is 1. The van der Waals surface area contributed by atoms with Gasteiger partial charge in [0.1, 0.15) is 10.7 Å². The molecule has 7 nitrogen and oxygen atoms in total. The molecule has 1 atom stereocenters. The molecule has 0 aliphatic carbocycles. The lowest BCUT2D eigenvalue weighted by atomic mass is 10.0. The number of hydrogen-bond acceptors (Lipinski definition) is 6. The Morgan fingerprint density at radius 2 is 2.08 bits per heavy atom. The number of pyridine rings is 1. The molecule has 1 fully saturated rings. The van der Waals surface area contributed by atoms with Crippen molar-refractivity contribution in [1.29, 1.82) is 0 Å². The third-order valence-corrected chi connectivity index (χ3v) is 7.03. The Bertz CT molecular complexity index is 888. The van der Waals surface area contributed by atoms with E-state index >= 15 is 0 Å². The van der Waals surface area contributed by atoms with Crippen LogP contribution in [0, 0.1) is 0 Å². The fraction of sp³-hybridized carbons (Fsp3) is 0.500. The Balaban J connectivity index is 1.68. The van der Waals surface area contributed by atoms with Gasteiger partial charge in [-0.05, 0) is 32.0 Å². The summed E-state index contributed by atoms with van der Waals surface area (Å²) in [6.45, 7) is 2.30. The highest BCUT2D eigenvalue weighted by Crippen LogP contribution is 2.34. The van der Waals surface area contributed by atoms with Gasteiger partial charge in [-0.25, -0.2) is 18.4 Å². The van der Waals surface area contributed by atoms with Crippen LogP contribution >= 0.6 is 0 Å². The summed E-state index contributed by atoms with van der Waals surface area (Å²) < 4.78 is 27.8. The Hall–Kier alpha value is -1.90. The highest BCUT2D eigenvalue weighted by Gasteiger charge is 2.36. The van der Waals surface area contributed by atoms with Gasteiger partial charge >= 0.3 is 0 Å². The molecule has 0 bridgehead atoms. The Morgan fingerprint density at radius 3 is 2.88 bits per heavy atom. The van der Waals surface area contributed by atoms with Gasteiger partial charge in [-0.1, -0.05) is 6.42 Å². The lowest BCUT2D eigenvalue weighted by Crippen LogP contribution is -2.39. The van der Waals surface area contributed by atoms with E-state index in [4.69, 9.17) is 4.98 Å². The second kappa shape index (κ2) is 7.02. The molecule has 8 heteroatoms. The van der Waals surface area contributed by atoms with E-state index in [9.17, 15) is 8.42 Å². The lowest BCUT2D eigenvalue weighted by Gasteiger charge is -2.34. The summed E-state index contributed by atoms with van der Waals surface area (Å²) in [4.78, 5) is 15.8. The highest BCUT2D eigenvalue weighted by atomic mass is 32.2. The van der Waals surface area contributed by atoms with E-state index in [2.05, 4.69) is 21.9 Å². The van der Waals surface area contributed by atoms with Crippen LogP contribution in [-0.2, 0) is 23.0 Å². The van der Waals surface area contributed by atoms with E-state index in [0.717, 1.165) is 50.0 Å². The van der Waals surface area contributed by atoms with Crippen molar-refractivity contribution >= 4 is 10.0 Å². The molecule has 1 saturated heterocycles. The molecule has 0 amide bonds. The zero-order valence-corrected chi connectivity index (χ0v) is 15.7. The van der Waals surface area contributed by atoms with Gasteiger partial charge in [-0.15, -0.1) is 0 Å². The van der Waals surface area contributed by atoms with E-state index in [-0.39, 0.29) is 10.9 Å². The number of rotatable bonds is 3. The van der Waals surface area contributed by atoms with Crippen LogP contribution in [0.25, 0.3) is 0 Å². The van der Waals surface area contributed by atoms with E-state index in [0.29, 0.717) is 12.4 Å². The first-order chi connectivity index (χ1) is 12.6. The Morgan fingerprint density at radius 1 is 1.19 bits per heavy atom. The minimum Gasteiger partial charge on any atom is -0.302 e. The van der Waals surface area contributed by atoms with Crippen LogP contribution in [0.4, 0.5) is 0 Å². The molecule has 0 spiro atoms. The molecule has 138 valence electrons. The maximum atomic E-state index is 13.1. The van der Waals surface area contributed by atoms with Gasteiger partial charge in [0.2, 0.25) is 10.0 Å². The minimum absolute atomic E-state index is 0.228. The number of likely N-dealkylation sites (N-methyl/N-ethyl adjacent to an activating group) is 1. The van der Waals surface area contributed by atoms with Crippen LogP contribution in [0.5, 0.6) is 0 Å². The molecule has 0 N–H and O–H groups in total. The van der Waals surface area contributed by atoms with Crippen LogP contribution < -0.4 is 0 Å². The van der Waals surface area contributed by atoms with Crippen molar-refractivity contribution in [1.82, 2.24) is 24.2 Å². The van der Waals surface area contributed by atoms with Crippen molar-refractivity contribution in [3.63, 3.8) is 0 Å². The smallest absolute Gasteiger partial charge is 0.245 e. The van der Waals surface area contributed by atoms with Crippen molar-refractivity contribution in [2.75, 3.05) is 20.1 Å². The number of sulfonamides is 1. The molecule has 2 aromatic heterocycles. The molecule has 4 rings (SSSR count). The maximum Gasteiger partial charge on any atom is 0.245 e. The van der Waals surface area contributed by atoms with Crippen LogP contribution in [0.2, 0.25) is 0 Å². The average Bonchev–Trinajstić information content (AvgIpc) is 2.68. The van der Waals surface area contributed by atoms with Crippen molar-refractivity contribution in [2.24, 2.45) is 0 Å². The third-order valence-electron chi connectivity index (χ3n) is 5.14. The summed E-state index contributed by atoms with van der Waals surface area (Å²) in [6, 6.07) is 2.94. The quantitative estimate of drug-likeness (QED) is 0.816. The second-order valence-electron chi connectivity index (χ2n) is 7.00. The molecule has 0 unspecified atom stereocenters. The predicted molar refractivity (Wildman–Crippen MR) is 96.8 cm³/mol. The zero-order chi connectivity index (χ0) is 18.1. The number of nitrogens with zero attached hydrogens (tertiary/aromatic N) is 5. The van der Waals surface area contributed by atoms with Gasteiger partial charge in [0.15, 0.2) is 0 Å². The van der Waals surface area contributed by atoms with Gasteiger partial charge in [-0.2, -0.15) is 4.31 Å². The first kappa shape index (κ1) is 17.5. The molecule has 0 radical (unpaired) electrons. The molecular weight excluding hydrogens is 350 g/mol. The van der Waals surface area contributed by atoms with Crippen molar-refractivity contribution < 1.29 is 8.42 Å². The molecular formula is C18H23N5O2S. The maximum absolute atomic E-state index is 13.1. The molecule has 0 saturated carbocycles. The fourth-order valence-corrected chi connectivity index (χ4v) is 5.34. The number of piperidine rings is 1. The van der Waals surface area contributed by atoms with Crippen molar-refractivity contribution in [3.8, 4) is 0 Å². The number of aromatic nitrogens is 3. The van der Waals surface area contributed by atoms with Gasteiger partial charge in [-0.3, -0.25) is 4.98 Å². The topological polar surface area (TPSA) is 79.3 Å². The first-order valence-electron chi connectivity index (χ1n) is 9.01. The summed E-state index contributed by atoms with van der Waals surface area (Å²) in [6.07, 6.45) is 8.32. The molecule has 4 heterocycles. The molecule has 2 aliphatic heterocycles. The molecule has 0 aromatic carbocycles. The molecule has 26 heavy (non-hydrogen) atoms. The Kier molecular flexibility index (Phi) is 4.73. The van der Waals surface area contributed by atoms with Crippen LogP contribution in [-0.4, -0.2) is 52.7 Å². The lowest BCUT2D eigenvalue weighted by molar-refractivity contribution is 0.244. The average molecular weight is 373 g/mol. The SMILES string of the molecule is CN1CCc2nc([C@H]3CCCCN3S(=O)(=O)c3cccnc3)ncc2C1. The summed E-state index contributed by atoms with van der Waals surface area (Å²) >= 11 is 0. The largest absolute Gasteiger partial charge is 0.302 e. The third kappa shape index (κ3) is 3.24. The van der Waals surface area contributed by atoms with Crippen LogP contribution in [0.1, 0.15) is 42.4 Å². The molecule has 2 aromatic rings. The standard InChI is InChI=1S/C18H23N5O2S/c1-22-10-7-16-14(13-22)11-20-18(21-16)17-6-2-3-9-23(17)26(24,25)15-5-4-8-19-12-15/h4-5,8,11-12,17H,2-3,6-7,9-10,13H2,1H3/t17-/m1/s1. The normalized spacial score (nSPS) is 22.1. The van der Waals surface area contributed by atoms with Gasteiger partial charge in [0.05, 0.1) is 6.04 Å². The second-order valence-corrected chi connectivity index (χ2v) is 8.89.